The van der Waals surface area contributed by atoms with Gasteiger partial charge in [0.1, 0.15) is 5.75 Å². The zero-order valence-electron chi connectivity index (χ0n) is 17.9. The molecule has 0 unspecified atom stereocenters. The normalized spacial score (nSPS) is 31.4. The molecular weight excluding hydrogens is 356 g/mol. The third-order valence-electron chi connectivity index (χ3n) is 8.32. The van der Waals surface area contributed by atoms with Crippen LogP contribution in [0.25, 0.3) is 0 Å². The highest BCUT2D eigenvalue weighted by molar-refractivity contribution is 5.40. The molecule has 0 amide bonds. The minimum atomic E-state index is 0.359. The summed E-state index contributed by atoms with van der Waals surface area (Å²) in [7, 11) is 1.78. The first kappa shape index (κ1) is 19.1. The maximum Gasteiger partial charge on any atom is 0.119 e. The number of hydrogen-bond donors (Lipinski definition) is 0. The molecule has 3 nitrogen and oxygen atoms in total. The molecule has 1 saturated heterocycles. The largest absolute Gasteiger partial charge is 0.497 e. The average Bonchev–Trinajstić information content (AvgIpc) is 2.77. The number of likely N-dealkylation sites (tertiary alicyclic amines) is 1. The zero-order chi connectivity index (χ0) is 19.8. The van der Waals surface area contributed by atoms with Crippen LogP contribution in [0.5, 0.6) is 5.75 Å². The molecule has 1 aromatic heterocycles. The summed E-state index contributed by atoms with van der Waals surface area (Å²) in [6, 6.07) is 13.1. The van der Waals surface area contributed by atoms with Crippen LogP contribution in [-0.4, -0.2) is 35.6 Å². The lowest BCUT2D eigenvalue weighted by Gasteiger charge is -2.59. The number of methoxy groups -OCH3 is 1. The number of nitrogens with zero attached hydrogens (tertiary/aromatic N) is 2. The second-order valence-corrected chi connectivity index (χ2v) is 9.58. The molecule has 0 spiro atoms. The van der Waals surface area contributed by atoms with Gasteiger partial charge >= 0.3 is 0 Å². The Bertz CT molecular complexity index is 851. The van der Waals surface area contributed by atoms with Crippen molar-refractivity contribution in [3.63, 3.8) is 0 Å². The van der Waals surface area contributed by atoms with Crippen LogP contribution in [-0.2, 0) is 12.8 Å². The molecule has 0 radical (unpaired) electrons. The molecule has 154 valence electrons. The van der Waals surface area contributed by atoms with Crippen LogP contribution >= 0.6 is 0 Å². The lowest BCUT2D eigenvalue weighted by atomic mass is 9.55. The van der Waals surface area contributed by atoms with E-state index in [-0.39, 0.29) is 0 Å². The number of ether oxygens (including phenoxy) is 1. The maximum atomic E-state index is 5.48. The van der Waals surface area contributed by atoms with E-state index in [0.717, 1.165) is 36.5 Å². The first-order valence-corrected chi connectivity index (χ1v) is 11.5. The zero-order valence-corrected chi connectivity index (χ0v) is 17.9. The van der Waals surface area contributed by atoms with Crippen molar-refractivity contribution in [2.75, 3.05) is 20.2 Å². The second-order valence-electron chi connectivity index (χ2n) is 9.58. The summed E-state index contributed by atoms with van der Waals surface area (Å²) in [5.74, 6) is 3.43. The van der Waals surface area contributed by atoms with Crippen LogP contribution in [0.1, 0.15) is 61.8 Å². The Morgan fingerprint density at radius 3 is 2.93 bits per heavy atom. The molecule has 0 N–H and O–H groups in total. The lowest BCUT2D eigenvalue weighted by molar-refractivity contribution is -0.0606. The maximum absolute atomic E-state index is 5.48. The SMILES string of the molecule is COc1ccc2c(c1)CC[C@@H]1[C@@H]2CC[C@]2(C)[C@H]1CCCN2CCc1ccccn1. The predicted octanol–water partition coefficient (Wildman–Crippen LogP) is 5.24. The molecule has 0 bridgehead atoms. The molecule has 5 rings (SSSR count). The van der Waals surface area contributed by atoms with Crippen molar-refractivity contribution in [3.8, 4) is 5.75 Å². The van der Waals surface area contributed by atoms with E-state index >= 15 is 0 Å². The Labute approximate surface area is 175 Å². The minimum absolute atomic E-state index is 0.359. The number of pyridine rings is 1. The van der Waals surface area contributed by atoms with Gasteiger partial charge in [-0.25, -0.2) is 0 Å². The molecule has 3 aliphatic rings. The molecule has 2 aromatic rings. The van der Waals surface area contributed by atoms with Crippen LogP contribution in [0, 0.1) is 11.8 Å². The second kappa shape index (κ2) is 7.75. The van der Waals surface area contributed by atoms with E-state index in [0.29, 0.717) is 5.54 Å². The Hall–Kier alpha value is -1.87. The molecule has 2 heterocycles. The molecule has 2 aliphatic carbocycles. The Balaban J connectivity index is 1.36. The van der Waals surface area contributed by atoms with Crippen molar-refractivity contribution in [2.24, 2.45) is 11.8 Å². The van der Waals surface area contributed by atoms with Gasteiger partial charge in [-0.05, 0) is 105 Å². The Kier molecular flexibility index (Phi) is 5.11. The van der Waals surface area contributed by atoms with Gasteiger partial charge < -0.3 is 4.74 Å². The van der Waals surface area contributed by atoms with Gasteiger partial charge in [0, 0.05) is 30.4 Å². The first-order valence-electron chi connectivity index (χ1n) is 11.5. The number of aromatic nitrogens is 1. The van der Waals surface area contributed by atoms with Crippen molar-refractivity contribution in [1.29, 1.82) is 0 Å². The van der Waals surface area contributed by atoms with Crippen LogP contribution in [0.4, 0.5) is 0 Å². The number of hydrogen-bond acceptors (Lipinski definition) is 3. The highest BCUT2D eigenvalue weighted by Gasteiger charge is 2.51. The fourth-order valence-electron chi connectivity index (χ4n) is 6.82. The summed E-state index contributed by atoms with van der Waals surface area (Å²) in [6.07, 6.45) is 11.0. The van der Waals surface area contributed by atoms with Crippen LogP contribution < -0.4 is 4.74 Å². The number of benzene rings is 1. The van der Waals surface area contributed by atoms with Gasteiger partial charge in [-0.3, -0.25) is 9.88 Å². The lowest BCUT2D eigenvalue weighted by Crippen LogP contribution is -2.60. The van der Waals surface area contributed by atoms with E-state index in [1.807, 2.05) is 12.3 Å². The quantitative estimate of drug-likeness (QED) is 0.713. The van der Waals surface area contributed by atoms with E-state index in [9.17, 15) is 0 Å². The van der Waals surface area contributed by atoms with Gasteiger partial charge in [0.05, 0.1) is 7.11 Å². The Morgan fingerprint density at radius 2 is 2.10 bits per heavy atom. The van der Waals surface area contributed by atoms with E-state index in [4.69, 9.17) is 4.74 Å². The summed E-state index contributed by atoms with van der Waals surface area (Å²) in [5.41, 5.74) is 4.75. The number of piperidine rings is 1. The van der Waals surface area contributed by atoms with Gasteiger partial charge in [0.2, 0.25) is 0 Å². The van der Waals surface area contributed by atoms with Crippen molar-refractivity contribution in [3.05, 3.63) is 59.4 Å². The van der Waals surface area contributed by atoms with Gasteiger partial charge in [0.25, 0.3) is 0 Å². The molecule has 1 aromatic carbocycles. The van der Waals surface area contributed by atoms with E-state index in [1.165, 1.54) is 56.3 Å². The van der Waals surface area contributed by atoms with Crippen molar-refractivity contribution >= 4 is 0 Å². The van der Waals surface area contributed by atoms with Crippen LogP contribution in [0.15, 0.2) is 42.6 Å². The fraction of sp³-hybridized carbons (Fsp3) is 0.577. The standard InChI is InChI=1S/C26H34N2O/c1-26-14-12-23-22-11-9-21(29-2)18-19(22)8-10-24(23)25(26)7-5-16-28(26)17-13-20-6-3-4-15-27-20/h3-4,6,9,11,15,18,23-25H,5,7-8,10,12-14,16-17H2,1-2H3/t23-,24-,25+,26-/m1/s1. The average molecular weight is 391 g/mol. The van der Waals surface area contributed by atoms with Crippen molar-refractivity contribution in [1.82, 2.24) is 9.88 Å². The smallest absolute Gasteiger partial charge is 0.119 e. The summed E-state index contributed by atoms with van der Waals surface area (Å²) in [6.45, 7) is 4.98. The topological polar surface area (TPSA) is 25.4 Å². The first-order chi connectivity index (χ1) is 14.2. The third kappa shape index (κ3) is 3.38. The van der Waals surface area contributed by atoms with Gasteiger partial charge in [-0.15, -0.1) is 0 Å². The summed E-state index contributed by atoms with van der Waals surface area (Å²) in [5, 5.41) is 0. The molecule has 1 aliphatic heterocycles. The fourth-order valence-corrected chi connectivity index (χ4v) is 6.82. The van der Waals surface area contributed by atoms with Crippen molar-refractivity contribution in [2.45, 2.75) is 63.3 Å². The molecular formula is C26H34N2O. The number of rotatable bonds is 4. The van der Waals surface area contributed by atoms with E-state index in [2.05, 4.69) is 47.1 Å². The Morgan fingerprint density at radius 1 is 1.17 bits per heavy atom. The summed E-state index contributed by atoms with van der Waals surface area (Å²) >= 11 is 0. The number of aryl methyl sites for hydroxylation is 1. The van der Waals surface area contributed by atoms with Gasteiger partial charge in [0.15, 0.2) is 0 Å². The van der Waals surface area contributed by atoms with E-state index in [1.54, 1.807) is 12.7 Å². The predicted molar refractivity (Wildman–Crippen MR) is 117 cm³/mol. The van der Waals surface area contributed by atoms with E-state index < -0.39 is 0 Å². The van der Waals surface area contributed by atoms with Gasteiger partial charge in [-0.2, -0.15) is 0 Å². The molecule has 4 atom stereocenters. The summed E-state index contributed by atoms with van der Waals surface area (Å²) < 4.78 is 5.48. The molecule has 3 heteroatoms. The monoisotopic (exact) mass is 390 g/mol. The number of fused-ring (bicyclic) bond motifs is 5. The van der Waals surface area contributed by atoms with Crippen LogP contribution in [0.2, 0.25) is 0 Å². The van der Waals surface area contributed by atoms with Crippen molar-refractivity contribution < 1.29 is 4.74 Å². The molecule has 2 fully saturated rings. The molecule has 29 heavy (non-hydrogen) atoms. The molecule has 1 saturated carbocycles. The third-order valence-corrected chi connectivity index (χ3v) is 8.32. The minimum Gasteiger partial charge on any atom is -0.497 e. The highest BCUT2D eigenvalue weighted by atomic mass is 16.5. The highest BCUT2D eigenvalue weighted by Crippen LogP contribution is 2.56. The van der Waals surface area contributed by atoms with Crippen LogP contribution in [0.3, 0.4) is 0 Å². The van der Waals surface area contributed by atoms with Gasteiger partial charge in [-0.1, -0.05) is 12.1 Å². The summed E-state index contributed by atoms with van der Waals surface area (Å²) in [4.78, 5) is 7.39.